The molecule has 1 atom stereocenters. The van der Waals surface area contributed by atoms with Crippen LogP contribution in [0.2, 0.25) is 0 Å². The topological polar surface area (TPSA) is 102 Å². The number of rotatable bonds is 7. The molecule has 0 saturated heterocycles. The fraction of sp³-hybridized carbons (Fsp3) is 0.222. The maximum Gasteiger partial charge on any atom is 0.408 e. The van der Waals surface area contributed by atoms with Crippen molar-refractivity contribution >= 4 is 12.1 Å². The molecule has 6 nitrogen and oxygen atoms in total. The molecule has 1 amide bonds. The first-order valence-electron chi connectivity index (χ1n) is 7.56. The molecule has 0 spiro atoms. The van der Waals surface area contributed by atoms with E-state index < -0.39 is 18.1 Å². The number of aliphatic carboxylic acids is 1. The van der Waals surface area contributed by atoms with Crippen molar-refractivity contribution in [1.29, 1.82) is 0 Å². The number of ether oxygens (including phenoxy) is 1. The number of amides is 1. The van der Waals surface area contributed by atoms with E-state index in [-0.39, 0.29) is 13.0 Å². The Balaban J connectivity index is 1.92. The second-order valence-electron chi connectivity index (χ2n) is 5.33. The van der Waals surface area contributed by atoms with Crippen molar-refractivity contribution in [2.24, 2.45) is 5.73 Å². The van der Waals surface area contributed by atoms with Gasteiger partial charge in [-0.15, -0.1) is 0 Å². The molecule has 2 aromatic rings. The second-order valence-corrected chi connectivity index (χ2v) is 5.33. The van der Waals surface area contributed by atoms with Crippen LogP contribution in [0, 0.1) is 0 Å². The van der Waals surface area contributed by atoms with Crippen LogP contribution < -0.4 is 11.1 Å². The molecule has 0 aliphatic carbocycles. The molecule has 0 aliphatic rings. The SMILES string of the molecule is NCc1cccc(C[C@@H](NC(=O)OCc2ccccc2)C(=O)O)c1. The third-order valence-electron chi connectivity index (χ3n) is 3.47. The third kappa shape index (κ3) is 5.40. The second kappa shape index (κ2) is 8.69. The van der Waals surface area contributed by atoms with Gasteiger partial charge in [0.25, 0.3) is 0 Å². The van der Waals surface area contributed by atoms with Crippen molar-refractivity contribution in [3.05, 3.63) is 71.3 Å². The summed E-state index contributed by atoms with van der Waals surface area (Å²) in [6, 6.07) is 15.4. The summed E-state index contributed by atoms with van der Waals surface area (Å²) in [5, 5.41) is 11.7. The summed E-state index contributed by atoms with van der Waals surface area (Å²) in [5.41, 5.74) is 8.10. The molecule has 0 radical (unpaired) electrons. The first kappa shape index (κ1) is 17.5. The van der Waals surface area contributed by atoms with E-state index in [0.717, 1.165) is 16.7 Å². The van der Waals surface area contributed by atoms with Crippen LogP contribution in [-0.4, -0.2) is 23.2 Å². The number of nitrogens with one attached hydrogen (secondary N) is 1. The maximum atomic E-state index is 11.8. The lowest BCUT2D eigenvalue weighted by Gasteiger charge is -2.15. The normalized spacial score (nSPS) is 11.5. The predicted octanol–water partition coefficient (Wildman–Crippen LogP) is 2.07. The summed E-state index contributed by atoms with van der Waals surface area (Å²) in [5.74, 6) is -1.12. The van der Waals surface area contributed by atoms with Crippen molar-refractivity contribution in [2.45, 2.75) is 25.6 Å². The smallest absolute Gasteiger partial charge is 0.408 e. The minimum absolute atomic E-state index is 0.0850. The Morgan fingerprint density at radius 3 is 2.38 bits per heavy atom. The highest BCUT2D eigenvalue weighted by Gasteiger charge is 2.21. The van der Waals surface area contributed by atoms with Crippen molar-refractivity contribution in [3.8, 4) is 0 Å². The predicted molar refractivity (Wildman–Crippen MR) is 89.2 cm³/mol. The van der Waals surface area contributed by atoms with Crippen molar-refractivity contribution in [2.75, 3.05) is 0 Å². The van der Waals surface area contributed by atoms with E-state index in [1.165, 1.54) is 0 Å². The van der Waals surface area contributed by atoms with E-state index in [9.17, 15) is 14.7 Å². The third-order valence-corrected chi connectivity index (χ3v) is 3.47. The van der Waals surface area contributed by atoms with Crippen molar-refractivity contribution < 1.29 is 19.4 Å². The number of carboxylic acid groups (broad SMARTS) is 1. The van der Waals surface area contributed by atoms with Gasteiger partial charge in [0, 0.05) is 13.0 Å². The van der Waals surface area contributed by atoms with Crippen LogP contribution in [-0.2, 0) is 29.1 Å². The minimum Gasteiger partial charge on any atom is -0.480 e. The first-order valence-corrected chi connectivity index (χ1v) is 7.56. The average molecular weight is 328 g/mol. The standard InChI is InChI=1S/C18H20N2O4/c19-11-15-8-4-7-14(9-15)10-16(17(21)22)20-18(23)24-12-13-5-2-1-3-6-13/h1-9,16H,10-12,19H2,(H,20,23)(H,21,22)/t16-/m1/s1. The lowest BCUT2D eigenvalue weighted by molar-refractivity contribution is -0.139. The fourth-order valence-electron chi connectivity index (χ4n) is 2.23. The van der Waals surface area contributed by atoms with Crippen LogP contribution in [0.3, 0.4) is 0 Å². The molecule has 0 saturated carbocycles. The molecule has 6 heteroatoms. The summed E-state index contributed by atoms with van der Waals surface area (Å²) < 4.78 is 5.06. The molecule has 0 aromatic heterocycles. The van der Waals surface area contributed by atoms with Crippen molar-refractivity contribution in [1.82, 2.24) is 5.32 Å². The molecule has 0 heterocycles. The maximum absolute atomic E-state index is 11.8. The van der Waals surface area contributed by atoms with E-state index in [4.69, 9.17) is 10.5 Å². The number of benzene rings is 2. The summed E-state index contributed by atoms with van der Waals surface area (Å²) in [7, 11) is 0. The highest BCUT2D eigenvalue weighted by Crippen LogP contribution is 2.08. The van der Waals surface area contributed by atoms with Gasteiger partial charge < -0.3 is 20.9 Å². The van der Waals surface area contributed by atoms with Gasteiger partial charge in [0.1, 0.15) is 12.6 Å². The van der Waals surface area contributed by atoms with Crippen LogP contribution in [0.1, 0.15) is 16.7 Å². The summed E-state index contributed by atoms with van der Waals surface area (Å²) in [6.07, 6.45) is -0.606. The highest BCUT2D eigenvalue weighted by molar-refractivity contribution is 5.80. The molecule has 4 N–H and O–H groups in total. The molecule has 24 heavy (non-hydrogen) atoms. The number of alkyl carbamates (subject to hydrolysis) is 1. The Morgan fingerprint density at radius 2 is 1.71 bits per heavy atom. The quantitative estimate of drug-likeness (QED) is 0.722. The Morgan fingerprint density at radius 1 is 1.04 bits per heavy atom. The first-order chi connectivity index (χ1) is 11.6. The number of carbonyl (C=O) groups is 2. The molecule has 0 aliphatic heterocycles. The van der Waals surface area contributed by atoms with Crippen LogP contribution in [0.5, 0.6) is 0 Å². The molecule has 2 aromatic carbocycles. The number of hydrogen-bond donors (Lipinski definition) is 3. The van der Waals surface area contributed by atoms with Gasteiger partial charge in [0.15, 0.2) is 0 Å². The van der Waals surface area contributed by atoms with Gasteiger partial charge in [-0.1, -0.05) is 54.6 Å². The summed E-state index contributed by atoms with van der Waals surface area (Å²) in [4.78, 5) is 23.2. The van der Waals surface area contributed by atoms with E-state index >= 15 is 0 Å². The van der Waals surface area contributed by atoms with E-state index in [2.05, 4.69) is 5.32 Å². The minimum atomic E-state index is -1.12. The number of carboxylic acids is 1. The van der Waals surface area contributed by atoms with Crippen LogP contribution in [0.4, 0.5) is 4.79 Å². The molecular weight excluding hydrogens is 308 g/mol. The Bertz CT molecular complexity index is 688. The zero-order valence-corrected chi connectivity index (χ0v) is 13.1. The fourth-order valence-corrected chi connectivity index (χ4v) is 2.23. The molecular formula is C18H20N2O4. The zero-order valence-electron chi connectivity index (χ0n) is 13.1. The van der Waals surface area contributed by atoms with Crippen molar-refractivity contribution in [3.63, 3.8) is 0 Å². The van der Waals surface area contributed by atoms with Crippen LogP contribution >= 0.6 is 0 Å². The van der Waals surface area contributed by atoms with Gasteiger partial charge in [-0.2, -0.15) is 0 Å². The number of hydrogen-bond acceptors (Lipinski definition) is 4. The largest absolute Gasteiger partial charge is 0.480 e. The molecule has 0 bridgehead atoms. The summed E-state index contributed by atoms with van der Waals surface area (Å²) >= 11 is 0. The average Bonchev–Trinajstić information content (AvgIpc) is 2.60. The van der Waals surface area contributed by atoms with Gasteiger partial charge in [0.05, 0.1) is 0 Å². The van der Waals surface area contributed by atoms with E-state index in [0.29, 0.717) is 6.54 Å². The van der Waals surface area contributed by atoms with Gasteiger partial charge >= 0.3 is 12.1 Å². The molecule has 0 unspecified atom stereocenters. The van der Waals surface area contributed by atoms with Gasteiger partial charge in [0.2, 0.25) is 0 Å². The number of carbonyl (C=O) groups excluding carboxylic acids is 1. The monoisotopic (exact) mass is 328 g/mol. The lowest BCUT2D eigenvalue weighted by Crippen LogP contribution is -2.42. The number of nitrogens with two attached hydrogens (primary N) is 1. The van der Waals surface area contributed by atoms with Gasteiger partial charge in [-0.25, -0.2) is 9.59 Å². The molecule has 126 valence electrons. The molecule has 2 rings (SSSR count). The van der Waals surface area contributed by atoms with E-state index in [1.54, 1.807) is 6.07 Å². The van der Waals surface area contributed by atoms with Gasteiger partial charge in [-0.3, -0.25) is 0 Å². The summed E-state index contributed by atoms with van der Waals surface area (Å²) in [6.45, 7) is 0.458. The Kier molecular flexibility index (Phi) is 6.33. The Labute approximate surface area is 140 Å². The van der Waals surface area contributed by atoms with Gasteiger partial charge in [-0.05, 0) is 16.7 Å². The lowest BCUT2D eigenvalue weighted by atomic mass is 10.0. The van der Waals surface area contributed by atoms with E-state index in [1.807, 2.05) is 48.5 Å². The Hall–Kier alpha value is -2.86. The highest BCUT2D eigenvalue weighted by atomic mass is 16.5. The van der Waals surface area contributed by atoms with Crippen LogP contribution in [0.15, 0.2) is 54.6 Å². The molecule has 0 fully saturated rings. The zero-order chi connectivity index (χ0) is 17.4. The van der Waals surface area contributed by atoms with Crippen LogP contribution in [0.25, 0.3) is 0 Å².